The highest BCUT2D eigenvalue weighted by molar-refractivity contribution is 5.94. The number of hydrogen-bond donors (Lipinski definition) is 8. The minimum atomic E-state index is -1.38. The lowest BCUT2D eigenvalue weighted by Crippen LogP contribution is -2.57. The van der Waals surface area contributed by atoms with Gasteiger partial charge in [-0.3, -0.25) is 24.0 Å². The first kappa shape index (κ1) is 31.7. The number of carbonyl (C=O) groups excluding carboxylic acids is 3. The normalized spacial score (nSPS) is 14.3. The van der Waals surface area contributed by atoms with Crippen molar-refractivity contribution in [2.45, 2.75) is 83.0 Å². The maximum atomic E-state index is 12.9. The summed E-state index contributed by atoms with van der Waals surface area (Å²) in [5.74, 6) is -6.60. The van der Waals surface area contributed by atoms with Gasteiger partial charge in [0.05, 0.1) is 6.04 Å². The van der Waals surface area contributed by atoms with Crippen LogP contribution in [0.15, 0.2) is 0 Å². The van der Waals surface area contributed by atoms with Crippen LogP contribution in [0.4, 0.5) is 0 Å². The van der Waals surface area contributed by atoms with Gasteiger partial charge in [-0.05, 0) is 44.6 Å². The van der Waals surface area contributed by atoms with Crippen LogP contribution in [-0.4, -0.2) is 81.7 Å². The van der Waals surface area contributed by atoms with Crippen molar-refractivity contribution < 1.29 is 44.1 Å². The highest BCUT2D eigenvalue weighted by Gasteiger charge is 2.31. The van der Waals surface area contributed by atoms with E-state index in [1.54, 1.807) is 13.8 Å². The van der Waals surface area contributed by atoms with Gasteiger partial charge in [-0.2, -0.15) is 0 Å². The molecular formula is C21H37N5O9. The molecule has 0 aliphatic carbocycles. The number of hydrogen-bond acceptors (Lipinski definition) is 8. The van der Waals surface area contributed by atoms with Crippen LogP contribution >= 0.6 is 0 Å². The standard InChI is InChI=1S/C21H37N5O9/c1-11(2)17(21(34)35)26-20(33)14(7-9-16(29)30)25-19(32)13(5-3-4-10-22)24-18(31)12(23)6-8-15(27)28/h11-14,17H,3-10,22-23H2,1-2H3,(H,24,31)(H,25,32)(H,26,33)(H,27,28)(H,29,30)(H,34,35). The van der Waals surface area contributed by atoms with Gasteiger partial charge in [0.15, 0.2) is 0 Å². The Labute approximate surface area is 203 Å². The molecule has 0 heterocycles. The third-order valence-corrected chi connectivity index (χ3v) is 5.10. The molecule has 0 aromatic heterocycles. The molecule has 35 heavy (non-hydrogen) atoms. The Kier molecular flexibility index (Phi) is 14.9. The lowest BCUT2D eigenvalue weighted by atomic mass is 10.0. The number of nitrogens with two attached hydrogens (primary N) is 2. The van der Waals surface area contributed by atoms with E-state index in [2.05, 4.69) is 16.0 Å². The van der Waals surface area contributed by atoms with Crippen LogP contribution < -0.4 is 27.4 Å². The zero-order valence-electron chi connectivity index (χ0n) is 20.0. The number of aliphatic carboxylic acids is 3. The average Bonchev–Trinajstić information content (AvgIpc) is 2.76. The van der Waals surface area contributed by atoms with Crippen molar-refractivity contribution in [1.82, 2.24) is 16.0 Å². The quantitative estimate of drug-likeness (QED) is 0.0985. The molecule has 4 unspecified atom stereocenters. The van der Waals surface area contributed by atoms with E-state index in [-0.39, 0.29) is 25.7 Å². The predicted octanol–water partition coefficient (Wildman–Crippen LogP) is -1.63. The summed E-state index contributed by atoms with van der Waals surface area (Å²) in [6.45, 7) is 3.47. The van der Waals surface area contributed by atoms with E-state index in [0.717, 1.165) is 0 Å². The highest BCUT2D eigenvalue weighted by Crippen LogP contribution is 2.08. The Morgan fingerprint density at radius 1 is 0.714 bits per heavy atom. The van der Waals surface area contributed by atoms with Gasteiger partial charge in [-0.1, -0.05) is 13.8 Å². The molecule has 4 atom stereocenters. The maximum Gasteiger partial charge on any atom is 0.326 e. The summed E-state index contributed by atoms with van der Waals surface area (Å²) in [4.78, 5) is 71.2. The van der Waals surface area contributed by atoms with Crippen LogP contribution in [0.3, 0.4) is 0 Å². The van der Waals surface area contributed by atoms with E-state index >= 15 is 0 Å². The molecule has 3 amide bonds. The number of carbonyl (C=O) groups is 6. The SMILES string of the molecule is CC(C)C(NC(=O)C(CCC(=O)O)NC(=O)C(CCCCN)NC(=O)C(N)CCC(=O)O)C(=O)O. The smallest absolute Gasteiger partial charge is 0.326 e. The van der Waals surface area contributed by atoms with Crippen LogP contribution in [0.1, 0.15) is 58.8 Å². The lowest BCUT2D eigenvalue weighted by Gasteiger charge is -2.26. The molecule has 0 saturated carbocycles. The molecule has 0 aliphatic rings. The largest absolute Gasteiger partial charge is 0.481 e. The van der Waals surface area contributed by atoms with Crippen molar-refractivity contribution in [3.63, 3.8) is 0 Å². The van der Waals surface area contributed by atoms with Crippen LogP contribution in [0, 0.1) is 5.92 Å². The molecule has 0 aromatic carbocycles. The molecule has 14 nitrogen and oxygen atoms in total. The maximum absolute atomic E-state index is 12.9. The fourth-order valence-electron chi connectivity index (χ4n) is 3.03. The van der Waals surface area contributed by atoms with Crippen LogP contribution in [0.5, 0.6) is 0 Å². The first-order chi connectivity index (χ1) is 16.3. The Bertz CT molecular complexity index is 759. The zero-order valence-corrected chi connectivity index (χ0v) is 20.0. The summed E-state index contributed by atoms with van der Waals surface area (Å²) in [5.41, 5.74) is 11.2. The molecular weight excluding hydrogens is 466 g/mol. The molecule has 0 aromatic rings. The number of rotatable bonds is 18. The molecule has 0 aliphatic heterocycles. The van der Waals surface area contributed by atoms with E-state index in [1.165, 1.54) is 0 Å². The Morgan fingerprint density at radius 2 is 1.20 bits per heavy atom. The number of carboxylic acid groups (broad SMARTS) is 3. The van der Waals surface area contributed by atoms with E-state index in [1.807, 2.05) is 0 Å². The second-order valence-electron chi connectivity index (χ2n) is 8.45. The molecule has 0 spiro atoms. The molecule has 14 heteroatoms. The molecule has 10 N–H and O–H groups in total. The first-order valence-corrected chi connectivity index (χ1v) is 11.3. The van der Waals surface area contributed by atoms with Gasteiger partial charge in [0.2, 0.25) is 17.7 Å². The van der Waals surface area contributed by atoms with E-state index < -0.39 is 72.1 Å². The number of amides is 3. The number of carboxylic acids is 3. The summed E-state index contributed by atoms with van der Waals surface area (Å²) in [6, 6.07) is -5.00. The van der Waals surface area contributed by atoms with Gasteiger partial charge in [-0.25, -0.2) is 4.79 Å². The second-order valence-corrected chi connectivity index (χ2v) is 8.45. The third-order valence-electron chi connectivity index (χ3n) is 5.10. The van der Waals surface area contributed by atoms with Gasteiger partial charge in [-0.15, -0.1) is 0 Å². The van der Waals surface area contributed by atoms with Crippen molar-refractivity contribution >= 4 is 35.6 Å². The van der Waals surface area contributed by atoms with E-state index in [4.69, 9.17) is 21.7 Å². The Hall–Kier alpha value is -3.26. The van der Waals surface area contributed by atoms with Crippen molar-refractivity contribution in [2.24, 2.45) is 17.4 Å². The van der Waals surface area contributed by atoms with Gasteiger partial charge in [0.25, 0.3) is 0 Å². The summed E-state index contributed by atoms with van der Waals surface area (Å²) in [7, 11) is 0. The fourth-order valence-corrected chi connectivity index (χ4v) is 3.03. The highest BCUT2D eigenvalue weighted by atomic mass is 16.4. The van der Waals surface area contributed by atoms with Crippen molar-refractivity contribution in [2.75, 3.05) is 6.54 Å². The van der Waals surface area contributed by atoms with Crippen molar-refractivity contribution in [3.05, 3.63) is 0 Å². The minimum Gasteiger partial charge on any atom is -0.481 e. The van der Waals surface area contributed by atoms with E-state index in [9.17, 15) is 33.9 Å². The van der Waals surface area contributed by atoms with Crippen LogP contribution in [0.2, 0.25) is 0 Å². The minimum absolute atomic E-state index is 0.122. The van der Waals surface area contributed by atoms with Crippen molar-refractivity contribution in [1.29, 1.82) is 0 Å². The molecule has 0 rings (SSSR count). The Balaban J connectivity index is 5.55. The topological polar surface area (TPSA) is 251 Å². The summed E-state index contributed by atoms with van der Waals surface area (Å²) in [5, 5.41) is 34.2. The Morgan fingerprint density at radius 3 is 1.69 bits per heavy atom. The zero-order chi connectivity index (χ0) is 27.1. The van der Waals surface area contributed by atoms with Crippen LogP contribution in [-0.2, 0) is 28.8 Å². The molecule has 200 valence electrons. The first-order valence-electron chi connectivity index (χ1n) is 11.3. The molecule has 0 saturated heterocycles. The molecule has 0 radical (unpaired) electrons. The lowest BCUT2D eigenvalue weighted by molar-refractivity contribution is -0.144. The van der Waals surface area contributed by atoms with Gasteiger partial charge < -0.3 is 42.7 Å². The molecule has 0 fully saturated rings. The third kappa shape index (κ3) is 13.3. The van der Waals surface area contributed by atoms with Gasteiger partial charge in [0.1, 0.15) is 18.1 Å². The second kappa shape index (κ2) is 16.4. The average molecular weight is 504 g/mol. The number of unbranched alkanes of at least 4 members (excludes halogenated alkanes) is 1. The van der Waals surface area contributed by atoms with Crippen molar-refractivity contribution in [3.8, 4) is 0 Å². The van der Waals surface area contributed by atoms with Crippen LogP contribution in [0.25, 0.3) is 0 Å². The summed E-state index contributed by atoms with van der Waals surface area (Å²) >= 11 is 0. The summed E-state index contributed by atoms with van der Waals surface area (Å²) in [6.07, 6.45) is -0.231. The van der Waals surface area contributed by atoms with E-state index in [0.29, 0.717) is 19.4 Å². The molecule has 0 bridgehead atoms. The fraction of sp³-hybridized carbons (Fsp3) is 0.714. The monoisotopic (exact) mass is 503 g/mol. The number of nitrogens with one attached hydrogen (secondary N) is 3. The predicted molar refractivity (Wildman–Crippen MR) is 123 cm³/mol. The summed E-state index contributed by atoms with van der Waals surface area (Å²) < 4.78 is 0. The van der Waals surface area contributed by atoms with Gasteiger partial charge >= 0.3 is 17.9 Å². The van der Waals surface area contributed by atoms with Gasteiger partial charge in [0, 0.05) is 12.8 Å².